The Hall–Kier alpha value is -1.92. The number of carbonyl (C=O) groups excluding carboxylic acids is 1. The molecule has 1 rings (SSSR count). The molecule has 1 heterocycles. The van der Waals surface area contributed by atoms with E-state index in [0.29, 0.717) is 0 Å². The van der Waals surface area contributed by atoms with E-state index >= 15 is 0 Å². The summed E-state index contributed by atoms with van der Waals surface area (Å²) in [5.74, 6) is -0.864. The van der Waals surface area contributed by atoms with E-state index in [-0.39, 0.29) is 17.9 Å². The van der Waals surface area contributed by atoms with Crippen molar-refractivity contribution < 1.29 is 23.0 Å². The maximum Gasteiger partial charge on any atom is 0.310 e. The molecule has 0 aliphatic carbocycles. The Bertz CT molecular complexity index is 484. The lowest BCUT2D eigenvalue weighted by atomic mass is 10.1. The highest BCUT2D eigenvalue weighted by Gasteiger charge is 2.21. The molecule has 1 N–H and O–H groups in total. The predicted molar refractivity (Wildman–Crippen MR) is 58.9 cm³/mol. The number of hydrogen-bond donors (Lipinski definition) is 1. The normalized spacial score (nSPS) is 10.5. The van der Waals surface area contributed by atoms with E-state index < -0.39 is 29.9 Å². The molecule has 0 unspecified atom stereocenters. The topological polar surface area (TPSA) is 68.4 Å². The van der Waals surface area contributed by atoms with Crippen LogP contribution in [0.3, 0.4) is 0 Å². The molecule has 0 saturated heterocycles. The lowest BCUT2D eigenvalue weighted by Gasteiger charge is -2.09. The Kier molecular flexibility index (Phi) is 4.82. The number of halogens is 2. The van der Waals surface area contributed by atoms with Crippen molar-refractivity contribution in [2.75, 3.05) is 13.7 Å². The third-order valence-corrected chi connectivity index (χ3v) is 2.25. The zero-order valence-electron chi connectivity index (χ0n) is 9.96. The summed E-state index contributed by atoms with van der Waals surface area (Å²) in [4.78, 5) is 25.3. The van der Waals surface area contributed by atoms with E-state index in [4.69, 9.17) is 4.74 Å². The maximum absolute atomic E-state index is 12.7. The van der Waals surface area contributed by atoms with Crippen LogP contribution in [-0.2, 0) is 16.0 Å². The molecule has 0 radical (unpaired) electrons. The van der Waals surface area contributed by atoms with Crippen molar-refractivity contribution in [3.8, 4) is 5.75 Å². The summed E-state index contributed by atoms with van der Waals surface area (Å²) < 4.78 is 34.8. The quantitative estimate of drug-likeness (QED) is 0.814. The number of ether oxygens (including phenoxy) is 2. The number of aromatic amines is 1. The molecule has 7 heteroatoms. The van der Waals surface area contributed by atoms with Gasteiger partial charge in [-0.15, -0.1) is 0 Å². The molecule has 0 spiro atoms. The van der Waals surface area contributed by atoms with Crippen molar-refractivity contribution in [1.29, 1.82) is 0 Å². The van der Waals surface area contributed by atoms with Crippen molar-refractivity contribution in [3.05, 3.63) is 27.7 Å². The predicted octanol–water partition coefficient (Wildman–Crippen LogP) is 1.43. The first-order chi connectivity index (χ1) is 8.51. The van der Waals surface area contributed by atoms with Crippen LogP contribution in [0.15, 0.2) is 11.0 Å². The van der Waals surface area contributed by atoms with Gasteiger partial charge in [0, 0.05) is 11.8 Å². The molecule has 0 saturated carbocycles. The SMILES string of the molecule is CCOC(=O)Cc1c(C(F)F)[nH]cc(OC)c1=O. The zero-order valence-corrected chi connectivity index (χ0v) is 9.96. The first-order valence-corrected chi connectivity index (χ1v) is 5.23. The summed E-state index contributed by atoms with van der Waals surface area (Å²) in [6.45, 7) is 1.70. The van der Waals surface area contributed by atoms with E-state index in [9.17, 15) is 18.4 Å². The van der Waals surface area contributed by atoms with Gasteiger partial charge in [-0.05, 0) is 6.92 Å². The summed E-state index contributed by atoms with van der Waals surface area (Å²) in [6.07, 6.45) is -2.36. The van der Waals surface area contributed by atoms with Gasteiger partial charge in [0.25, 0.3) is 6.43 Å². The third kappa shape index (κ3) is 3.06. The van der Waals surface area contributed by atoms with Gasteiger partial charge in [0.15, 0.2) is 5.75 Å². The fraction of sp³-hybridized carbons (Fsp3) is 0.455. The highest BCUT2D eigenvalue weighted by Crippen LogP contribution is 2.20. The van der Waals surface area contributed by atoms with Gasteiger partial charge in [-0.3, -0.25) is 9.59 Å². The molecule has 0 atom stereocenters. The van der Waals surface area contributed by atoms with Gasteiger partial charge in [-0.25, -0.2) is 8.78 Å². The number of H-pyrrole nitrogens is 1. The number of aromatic nitrogens is 1. The number of carbonyl (C=O) groups is 1. The van der Waals surface area contributed by atoms with E-state index in [2.05, 4.69) is 9.72 Å². The number of esters is 1. The van der Waals surface area contributed by atoms with Crippen LogP contribution >= 0.6 is 0 Å². The van der Waals surface area contributed by atoms with Gasteiger partial charge in [0.2, 0.25) is 5.43 Å². The Morgan fingerprint density at radius 2 is 2.17 bits per heavy atom. The molecule has 5 nitrogen and oxygen atoms in total. The first-order valence-electron chi connectivity index (χ1n) is 5.23. The first kappa shape index (κ1) is 14.1. The summed E-state index contributed by atoms with van der Waals surface area (Å²) in [5.41, 5.74) is -1.66. The number of methoxy groups -OCH3 is 1. The van der Waals surface area contributed by atoms with Crippen LogP contribution in [0.2, 0.25) is 0 Å². The van der Waals surface area contributed by atoms with Crippen molar-refractivity contribution >= 4 is 5.97 Å². The molecule has 100 valence electrons. The lowest BCUT2D eigenvalue weighted by molar-refractivity contribution is -0.142. The molecule has 0 fully saturated rings. The van der Waals surface area contributed by atoms with Gasteiger partial charge in [-0.2, -0.15) is 0 Å². The van der Waals surface area contributed by atoms with Crippen LogP contribution in [0.25, 0.3) is 0 Å². The fourth-order valence-corrected chi connectivity index (χ4v) is 1.45. The third-order valence-electron chi connectivity index (χ3n) is 2.25. The summed E-state index contributed by atoms with van der Waals surface area (Å²) >= 11 is 0. The average molecular weight is 261 g/mol. The van der Waals surface area contributed by atoms with Crippen LogP contribution in [0.4, 0.5) is 8.78 Å². The minimum atomic E-state index is -2.88. The molecule has 0 bridgehead atoms. The smallest absolute Gasteiger partial charge is 0.310 e. The number of pyridine rings is 1. The zero-order chi connectivity index (χ0) is 13.7. The minimum absolute atomic E-state index is 0.116. The molecular formula is C11H13F2NO4. The molecule has 1 aromatic heterocycles. The van der Waals surface area contributed by atoms with E-state index in [1.165, 1.54) is 7.11 Å². The second-order valence-electron chi connectivity index (χ2n) is 3.36. The summed E-state index contributed by atoms with van der Waals surface area (Å²) in [6, 6.07) is 0. The molecule has 0 aliphatic heterocycles. The molecule has 18 heavy (non-hydrogen) atoms. The Balaban J connectivity index is 3.20. The van der Waals surface area contributed by atoms with Gasteiger partial charge in [0.1, 0.15) is 0 Å². The number of hydrogen-bond acceptors (Lipinski definition) is 4. The number of nitrogens with one attached hydrogen (secondary N) is 1. The van der Waals surface area contributed by atoms with Gasteiger partial charge >= 0.3 is 5.97 Å². The lowest BCUT2D eigenvalue weighted by Crippen LogP contribution is -2.21. The van der Waals surface area contributed by atoms with Crippen molar-refractivity contribution in [1.82, 2.24) is 4.98 Å². The standard InChI is InChI=1S/C11H13F2NO4/c1-3-18-8(15)4-6-9(11(12)13)14-5-7(17-2)10(6)16/h5,11H,3-4H2,1-2H3,(H,14,16). The Morgan fingerprint density at radius 3 is 2.67 bits per heavy atom. The summed E-state index contributed by atoms with van der Waals surface area (Å²) in [7, 11) is 1.24. The van der Waals surface area contributed by atoms with Crippen LogP contribution in [0, 0.1) is 0 Å². The largest absolute Gasteiger partial charge is 0.491 e. The highest BCUT2D eigenvalue weighted by molar-refractivity contribution is 5.73. The minimum Gasteiger partial charge on any atom is -0.491 e. The number of alkyl halides is 2. The number of rotatable bonds is 5. The maximum atomic E-state index is 12.7. The molecule has 1 aromatic rings. The average Bonchev–Trinajstić information content (AvgIpc) is 2.31. The van der Waals surface area contributed by atoms with Crippen molar-refractivity contribution in [2.24, 2.45) is 0 Å². The Labute approximate surface area is 102 Å². The molecule has 0 amide bonds. The van der Waals surface area contributed by atoms with Gasteiger partial charge in [-0.1, -0.05) is 0 Å². The van der Waals surface area contributed by atoms with E-state index in [1.807, 2.05) is 0 Å². The second-order valence-corrected chi connectivity index (χ2v) is 3.36. The molecule has 0 aromatic carbocycles. The van der Waals surface area contributed by atoms with Crippen molar-refractivity contribution in [2.45, 2.75) is 19.8 Å². The van der Waals surface area contributed by atoms with Crippen LogP contribution in [-0.4, -0.2) is 24.7 Å². The van der Waals surface area contributed by atoms with Crippen molar-refractivity contribution in [3.63, 3.8) is 0 Å². The molecular weight excluding hydrogens is 248 g/mol. The second kappa shape index (κ2) is 6.13. The Morgan fingerprint density at radius 1 is 1.50 bits per heavy atom. The van der Waals surface area contributed by atoms with E-state index in [0.717, 1.165) is 6.20 Å². The highest BCUT2D eigenvalue weighted by atomic mass is 19.3. The summed E-state index contributed by atoms with van der Waals surface area (Å²) in [5, 5.41) is 0. The fourth-order valence-electron chi connectivity index (χ4n) is 1.45. The van der Waals surface area contributed by atoms with Crippen LogP contribution in [0.5, 0.6) is 5.75 Å². The monoisotopic (exact) mass is 261 g/mol. The van der Waals surface area contributed by atoms with Crippen LogP contribution in [0.1, 0.15) is 24.6 Å². The van der Waals surface area contributed by atoms with Crippen LogP contribution < -0.4 is 10.2 Å². The van der Waals surface area contributed by atoms with Gasteiger partial charge in [0.05, 0.1) is 25.8 Å². The van der Waals surface area contributed by atoms with E-state index in [1.54, 1.807) is 6.92 Å². The molecule has 0 aliphatic rings. The van der Waals surface area contributed by atoms with Gasteiger partial charge < -0.3 is 14.5 Å².